The summed E-state index contributed by atoms with van der Waals surface area (Å²) in [7, 11) is -0.558. The van der Waals surface area contributed by atoms with Crippen LogP contribution in [0.25, 0.3) is 0 Å². The van der Waals surface area contributed by atoms with E-state index < -0.39 is 54.6 Å². The molecular formula is C38H40N5O13PS2. The second-order valence-electron chi connectivity index (χ2n) is 14.1. The fourth-order valence-corrected chi connectivity index (χ4v) is 9.67. The average molecular weight is 870 g/mol. The minimum absolute atomic E-state index is 0.0712. The second kappa shape index (κ2) is 16.5. The molecule has 0 fully saturated rings. The third-order valence-electron chi connectivity index (χ3n) is 10.7. The third-order valence-corrected chi connectivity index (χ3v) is 13.3. The number of anilines is 4. The Bertz CT molecular complexity index is 2260. The average Bonchev–Trinajstić information content (AvgIpc) is 3.73. The van der Waals surface area contributed by atoms with Crippen LogP contribution in [0.3, 0.4) is 0 Å². The Morgan fingerprint density at radius 2 is 1.10 bits per heavy atom. The Morgan fingerprint density at radius 1 is 0.695 bits per heavy atom. The summed E-state index contributed by atoms with van der Waals surface area (Å²) in [6.45, 7) is -0.218. The molecule has 0 aromatic heterocycles. The molecule has 4 heterocycles. The van der Waals surface area contributed by atoms with Gasteiger partial charge in [0.05, 0.1) is 62.0 Å². The quantitative estimate of drug-likeness (QED) is 0.0875. The summed E-state index contributed by atoms with van der Waals surface area (Å²) >= 11 is -5.30. The lowest BCUT2D eigenvalue weighted by atomic mass is 10.1. The first kappa shape index (κ1) is 40.7. The van der Waals surface area contributed by atoms with E-state index in [0.717, 1.165) is 11.1 Å². The molecule has 4 aliphatic rings. The second-order valence-corrected chi connectivity index (χ2v) is 18.2. The van der Waals surface area contributed by atoms with E-state index in [0.29, 0.717) is 24.2 Å². The Balaban J connectivity index is 0.949. The van der Waals surface area contributed by atoms with Crippen molar-refractivity contribution < 1.29 is 59.0 Å². The van der Waals surface area contributed by atoms with Crippen LogP contribution in [-0.4, -0.2) is 93.6 Å². The van der Waals surface area contributed by atoms with E-state index in [1.807, 2.05) is 24.3 Å². The van der Waals surface area contributed by atoms with Crippen molar-refractivity contribution in [1.82, 2.24) is 0 Å². The number of fused-ring (bicyclic) bond motifs is 8. The summed E-state index contributed by atoms with van der Waals surface area (Å²) < 4.78 is 90.3. The molecular weight excluding hydrogens is 830 g/mol. The van der Waals surface area contributed by atoms with E-state index in [1.165, 1.54) is 38.5 Å². The summed E-state index contributed by atoms with van der Waals surface area (Å²) in [5.41, 5.74) is 10.4. The monoisotopic (exact) mass is 869 g/mol. The smallest absolute Gasteiger partial charge is 0.304 e. The molecule has 0 spiro atoms. The van der Waals surface area contributed by atoms with Gasteiger partial charge in [-0.2, -0.15) is 8.42 Å². The van der Waals surface area contributed by atoms with Crippen LogP contribution in [0.1, 0.15) is 31.8 Å². The maximum Gasteiger partial charge on any atom is 0.304 e. The molecule has 18 nitrogen and oxygen atoms in total. The van der Waals surface area contributed by atoms with Crippen LogP contribution < -0.4 is 44.9 Å². The maximum absolute atomic E-state index is 14.0. The van der Waals surface area contributed by atoms with E-state index in [2.05, 4.69) is 10.6 Å². The van der Waals surface area contributed by atoms with Gasteiger partial charge >= 0.3 is 22.7 Å². The molecule has 4 unspecified atom stereocenters. The van der Waals surface area contributed by atoms with Crippen molar-refractivity contribution in [2.45, 2.75) is 37.4 Å². The molecule has 312 valence electrons. The number of nitrogens with two attached hydrogens (primary N) is 1. The number of methoxy groups -OCH3 is 2. The number of para-hydroxylation sites is 2. The number of hydrogen-bond acceptors (Lipinski definition) is 13. The zero-order chi connectivity index (χ0) is 41.6. The molecule has 21 heteroatoms. The first-order chi connectivity index (χ1) is 28.3. The van der Waals surface area contributed by atoms with Gasteiger partial charge in [0.25, 0.3) is 11.8 Å². The molecule has 4 aromatic rings. The molecule has 0 saturated carbocycles. The van der Waals surface area contributed by atoms with E-state index in [-0.39, 0.29) is 82.9 Å². The topological polar surface area (TPSA) is 238 Å². The molecule has 59 heavy (non-hydrogen) atoms. The van der Waals surface area contributed by atoms with Gasteiger partial charge in [0.1, 0.15) is 0 Å². The first-order valence-electron chi connectivity index (χ1n) is 18.3. The van der Waals surface area contributed by atoms with Gasteiger partial charge < -0.3 is 43.9 Å². The molecule has 2 amide bonds. The number of benzene rings is 4. The first-order valence-corrected chi connectivity index (χ1v) is 22.5. The summed E-state index contributed by atoms with van der Waals surface area (Å²) in [6, 6.07) is 19.5. The lowest BCUT2D eigenvalue weighted by Crippen LogP contribution is -2.47. The van der Waals surface area contributed by atoms with E-state index in [1.54, 1.807) is 34.1 Å². The highest BCUT2D eigenvalue weighted by molar-refractivity contribution is 7.74. The summed E-state index contributed by atoms with van der Waals surface area (Å²) in [6.07, 6.45) is -1.50. The van der Waals surface area contributed by atoms with Gasteiger partial charge in [-0.15, -0.1) is 0 Å². The van der Waals surface area contributed by atoms with Gasteiger partial charge in [-0.25, -0.2) is 8.37 Å². The fourth-order valence-electron chi connectivity index (χ4n) is 7.93. The highest BCUT2D eigenvalue weighted by Crippen LogP contribution is 2.45. The molecule has 6 N–H and O–H groups in total. The number of carbonyl (C=O) groups is 2. The van der Waals surface area contributed by atoms with Gasteiger partial charge in [0.2, 0.25) is 0 Å². The Kier molecular flexibility index (Phi) is 11.4. The van der Waals surface area contributed by atoms with Crippen molar-refractivity contribution >= 4 is 64.6 Å². The van der Waals surface area contributed by atoms with E-state index >= 15 is 0 Å². The van der Waals surface area contributed by atoms with Crippen molar-refractivity contribution in [2.75, 3.05) is 60.2 Å². The zero-order valence-corrected chi connectivity index (χ0v) is 34.1. The molecule has 0 aliphatic carbocycles. The molecule has 0 radical (unpaired) electrons. The molecule has 8 rings (SSSR count). The van der Waals surface area contributed by atoms with Crippen LogP contribution in [0.15, 0.2) is 72.8 Å². The number of ether oxygens (including phenoxy) is 4. The van der Waals surface area contributed by atoms with Crippen LogP contribution in [0.5, 0.6) is 23.0 Å². The predicted octanol–water partition coefficient (Wildman–Crippen LogP) is 4.35. The molecule has 0 bridgehead atoms. The van der Waals surface area contributed by atoms with Crippen LogP contribution in [-0.2, 0) is 48.5 Å². The number of nitrogens with one attached hydrogen (secondary N) is 2. The Morgan fingerprint density at radius 3 is 1.49 bits per heavy atom. The number of amides is 2. The lowest BCUT2D eigenvalue weighted by Gasteiger charge is -2.28. The minimum atomic E-state index is -3.38. The standard InChI is InChI=1S/C38H40N5O13PS2/c1-51-31-17-23-25(40-35(55-58(47)48)29-15-21-7-3-5-9-27(21)42(29)37(23)44)19-33(31)53-11-13-57(39,46)14-12-54-34-20-26-24(18-32(34)52-2)38(45)43-28-10-6-4-8-22(28)16-30(43)36(41-26)56-59(49)50/h3-10,17-20,29-30,35-36,40-41H,11-16H2,1-2H3,(H2,39,46)(H,47,48)(H,49,50)/t29-,30-,35?,36?,57?/m0/s1. The highest BCUT2D eigenvalue weighted by Gasteiger charge is 2.45. The molecule has 4 aliphatic heterocycles. The van der Waals surface area contributed by atoms with Crippen molar-refractivity contribution in [3.63, 3.8) is 0 Å². The largest absolute Gasteiger partial charge is 0.493 e. The molecule has 4 aromatic carbocycles. The normalized spacial score (nSPS) is 22.1. The van der Waals surface area contributed by atoms with Gasteiger partial charge in [-0.1, -0.05) is 36.4 Å². The van der Waals surface area contributed by atoms with Crippen LogP contribution in [0.4, 0.5) is 22.7 Å². The highest BCUT2D eigenvalue weighted by atomic mass is 32.2. The van der Waals surface area contributed by atoms with Crippen LogP contribution in [0.2, 0.25) is 0 Å². The van der Waals surface area contributed by atoms with Gasteiger partial charge in [-0.3, -0.25) is 24.2 Å². The molecule has 6 atom stereocenters. The summed E-state index contributed by atoms with van der Waals surface area (Å²) in [4.78, 5) is 31.1. The Labute approximate surface area is 343 Å². The van der Waals surface area contributed by atoms with E-state index in [9.17, 15) is 31.7 Å². The summed E-state index contributed by atoms with van der Waals surface area (Å²) in [5.74, 6) is 0.0800. The third kappa shape index (κ3) is 8.02. The Hall–Kier alpha value is -5.05. The van der Waals surface area contributed by atoms with Gasteiger partial charge in [0, 0.05) is 35.8 Å². The predicted molar refractivity (Wildman–Crippen MR) is 219 cm³/mol. The minimum Gasteiger partial charge on any atom is -0.493 e. The fraction of sp³-hybridized carbons (Fsp3) is 0.316. The lowest BCUT2D eigenvalue weighted by molar-refractivity contribution is 0.0956. The van der Waals surface area contributed by atoms with Gasteiger partial charge in [0.15, 0.2) is 42.7 Å². The van der Waals surface area contributed by atoms with Gasteiger partial charge in [-0.05, 0) is 48.2 Å². The summed E-state index contributed by atoms with van der Waals surface area (Å²) in [5, 5.41) is 6.18. The van der Waals surface area contributed by atoms with Crippen molar-refractivity contribution in [2.24, 2.45) is 5.50 Å². The van der Waals surface area contributed by atoms with E-state index in [4.69, 9.17) is 32.8 Å². The number of hydrogen-bond donors (Lipinski definition) is 5. The van der Waals surface area contributed by atoms with Crippen molar-refractivity contribution in [1.29, 1.82) is 0 Å². The number of carbonyl (C=O) groups excluding carboxylic acids is 2. The zero-order valence-electron chi connectivity index (χ0n) is 31.6. The van der Waals surface area contributed by atoms with Crippen LogP contribution >= 0.6 is 7.29 Å². The van der Waals surface area contributed by atoms with Crippen molar-refractivity contribution in [3.05, 3.63) is 95.1 Å². The SMILES string of the molecule is COc1cc2c(cc1OCCP(N)(=O)CCOc1cc3c(cc1OC)C(=O)N1c4ccccc4C[C@H]1C(OS(=O)O)N3)NC(OS(=O)O)[C@@H]1Cc3ccccc3N1C2=O. The van der Waals surface area contributed by atoms with Crippen molar-refractivity contribution in [3.8, 4) is 23.0 Å². The van der Waals surface area contributed by atoms with Crippen LogP contribution in [0, 0.1) is 0 Å². The number of nitrogens with zero attached hydrogens (tertiary/aromatic N) is 2. The number of rotatable bonds is 14. The molecule has 0 saturated heterocycles. The maximum atomic E-state index is 14.0.